The van der Waals surface area contributed by atoms with Crippen molar-refractivity contribution in [3.8, 4) is 0 Å². The summed E-state index contributed by atoms with van der Waals surface area (Å²) in [5.41, 5.74) is 3.48. The summed E-state index contributed by atoms with van der Waals surface area (Å²) >= 11 is 1.42. The zero-order chi connectivity index (χ0) is 18.9. The number of aryl methyl sites for hydroxylation is 1. The Balaban J connectivity index is 0.000000758. The summed E-state index contributed by atoms with van der Waals surface area (Å²) in [7, 11) is 0. The number of fused-ring (bicyclic) bond motifs is 1. The first-order valence-electron chi connectivity index (χ1n) is 8.50. The molecule has 0 aliphatic carbocycles. The molecule has 1 aliphatic heterocycles. The van der Waals surface area contributed by atoms with Crippen LogP contribution in [0.2, 0.25) is 0 Å². The molecule has 7 nitrogen and oxygen atoms in total. The van der Waals surface area contributed by atoms with Crippen LogP contribution in [0.4, 0.5) is 10.8 Å². The second-order valence-corrected chi connectivity index (χ2v) is 6.69. The molecule has 0 spiro atoms. The van der Waals surface area contributed by atoms with Crippen molar-refractivity contribution in [3.63, 3.8) is 0 Å². The van der Waals surface area contributed by atoms with Crippen molar-refractivity contribution < 1.29 is 14.7 Å². The van der Waals surface area contributed by atoms with Gasteiger partial charge >= 0.3 is 0 Å². The van der Waals surface area contributed by atoms with Crippen LogP contribution in [0.3, 0.4) is 0 Å². The van der Waals surface area contributed by atoms with Gasteiger partial charge in [-0.3, -0.25) is 9.59 Å². The predicted molar refractivity (Wildman–Crippen MR) is 104 cm³/mol. The Morgan fingerprint density at radius 1 is 1.42 bits per heavy atom. The Morgan fingerprint density at radius 3 is 2.88 bits per heavy atom. The van der Waals surface area contributed by atoms with Gasteiger partial charge in [-0.1, -0.05) is 29.5 Å². The van der Waals surface area contributed by atoms with E-state index < -0.39 is 0 Å². The Morgan fingerprint density at radius 2 is 2.15 bits per heavy atom. The molecule has 0 saturated heterocycles. The van der Waals surface area contributed by atoms with E-state index in [1.54, 1.807) is 0 Å². The van der Waals surface area contributed by atoms with Crippen molar-refractivity contribution in [1.82, 2.24) is 10.3 Å². The van der Waals surface area contributed by atoms with Crippen molar-refractivity contribution in [3.05, 3.63) is 40.4 Å². The van der Waals surface area contributed by atoms with Gasteiger partial charge in [-0.05, 0) is 31.9 Å². The largest absolute Gasteiger partial charge is 0.483 e. The summed E-state index contributed by atoms with van der Waals surface area (Å²) < 4.78 is 0. The lowest BCUT2D eigenvalue weighted by Crippen LogP contribution is -2.34. The van der Waals surface area contributed by atoms with Crippen LogP contribution in [0.25, 0.3) is 0 Å². The Labute approximate surface area is 157 Å². The van der Waals surface area contributed by atoms with Gasteiger partial charge in [-0.15, -0.1) is 0 Å². The number of carbonyl (C=O) groups is 2. The summed E-state index contributed by atoms with van der Waals surface area (Å²) in [6.07, 6.45) is 1.09. The number of carbonyl (C=O) groups excluding carboxylic acids is 1. The lowest BCUT2D eigenvalue weighted by atomic mass is 10.2. The zero-order valence-electron chi connectivity index (χ0n) is 15.0. The number of thiazole rings is 1. The first-order chi connectivity index (χ1) is 12.6. The Kier molecular flexibility index (Phi) is 7.40. The molecule has 3 rings (SSSR count). The maximum atomic E-state index is 12.3. The quantitative estimate of drug-likeness (QED) is 0.670. The maximum absolute atomic E-state index is 12.3. The fraction of sp³-hybridized carbons (Fsp3) is 0.389. The molecular formula is C18H24N4O3S. The maximum Gasteiger partial charge on any atom is 0.290 e. The minimum absolute atomic E-state index is 0.0309. The van der Waals surface area contributed by atoms with Crippen molar-refractivity contribution in [1.29, 1.82) is 0 Å². The summed E-state index contributed by atoms with van der Waals surface area (Å²) in [4.78, 5) is 28.1. The number of hydrogen-bond acceptors (Lipinski definition) is 6. The molecule has 1 aromatic heterocycles. The van der Waals surface area contributed by atoms with E-state index >= 15 is 0 Å². The van der Waals surface area contributed by atoms with Crippen molar-refractivity contribution in [2.45, 2.75) is 20.3 Å². The van der Waals surface area contributed by atoms with E-state index in [-0.39, 0.29) is 12.4 Å². The molecule has 2 heterocycles. The van der Waals surface area contributed by atoms with E-state index in [2.05, 4.69) is 44.8 Å². The molecule has 26 heavy (non-hydrogen) atoms. The van der Waals surface area contributed by atoms with Crippen LogP contribution in [0.15, 0.2) is 24.3 Å². The SMILES string of the molecule is CCNc1nc(C)c(C(=O)NCCN2CCc3ccccc32)s1.O=CO. The van der Waals surface area contributed by atoms with Crippen LogP contribution in [0.1, 0.15) is 27.9 Å². The molecule has 3 N–H and O–H groups in total. The summed E-state index contributed by atoms with van der Waals surface area (Å²) in [6.45, 7) is 6.96. The normalized spacial score (nSPS) is 12.0. The van der Waals surface area contributed by atoms with E-state index in [0.717, 1.165) is 36.9 Å². The average molecular weight is 376 g/mol. The molecule has 0 radical (unpaired) electrons. The van der Waals surface area contributed by atoms with Crippen molar-refractivity contribution in [2.75, 3.05) is 36.4 Å². The van der Waals surface area contributed by atoms with Gasteiger partial charge in [0.05, 0.1) is 5.69 Å². The fourth-order valence-electron chi connectivity index (χ4n) is 2.86. The topological polar surface area (TPSA) is 94.6 Å². The standard InChI is InChI=1S/C17H22N4OS.CH2O2/c1-3-18-17-20-12(2)15(23-17)16(22)19-9-11-21-10-8-13-6-4-5-7-14(13)21;2-1-3/h4-7H,3,8-11H2,1-2H3,(H,18,20)(H,19,22);1H,(H,2,3). The smallest absolute Gasteiger partial charge is 0.290 e. The van der Waals surface area contributed by atoms with Gasteiger partial charge in [-0.2, -0.15) is 0 Å². The molecule has 1 amide bonds. The van der Waals surface area contributed by atoms with Crippen molar-refractivity contribution in [2.24, 2.45) is 0 Å². The number of nitrogens with zero attached hydrogens (tertiary/aromatic N) is 2. The van der Waals surface area contributed by atoms with Gasteiger partial charge < -0.3 is 20.6 Å². The molecule has 2 aromatic rings. The third-order valence-electron chi connectivity index (χ3n) is 3.98. The van der Waals surface area contributed by atoms with Gasteiger partial charge in [0.25, 0.3) is 12.4 Å². The number of carboxylic acid groups (broad SMARTS) is 1. The Hall–Kier alpha value is -2.61. The molecule has 0 atom stereocenters. The highest BCUT2D eigenvalue weighted by Gasteiger charge is 2.19. The second-order valence-electron chi connectivity index (χ2n) is 5.69. The molecule has 0 fully saturated rings. The molecule has 0 saturated carbocycles. The molecule has 1 aromatic carbocycles. The molecule has 0 unspecified atom stereocenters. The number of anilines is 2. The van der Waals surface area contributed by atoms with Crippen LogP contribution < -0.4 is 15.5 Å². The van der Waals surface area contributed by atoms with Gasteiger partial charge in [0.15, 0.2) is 5.13 Å². The second kappa shape index (κ2) is 9.76. The van der Waals surface area contributed by atoms with Crippen LogP contribution >= 0.6 is 11.3 Å². The summed E-state index contributed by atoms with van der Waals surface area (Å²) in [5, 5.41) is 13.9. The lowest BCUT2D eigenvalue weighted by Gasteiger charge is -2.19. The first kappa shape index (κ1) is 19.7. The van der Waals surface area contributed by atoms with Gasteiger partial charge in [0.1, 0.15) is 4.88 Å². The highest BCUT2D eigenvalue weighted by Crippen LogP contribution is 2.26. The van der Waals surface area contributed by atoms with Crippen LogP contribution in [0, 0.1) is 6.92 Å². The molecular weight excluding hydrogens is 352 g/mol. The molecule has 8 heteroatoms. The number of benzene rings is 1. The van der Waals surface area contributed by atoms with E-state index in [9.17, 15) is 4.79 Å². The van der Waals surface area contributed by atoms with Gasteiger partial charge in [0.2, 0.25) is 0 Å². The van der Waals surface area contributed by atoms with E-state index in [0.29, 0.717) is 11.4 Å². The highest BCUT2D eigenvalue weighted by atomic mass is 32.1. The Bertz CT molecular complexity index is 748. The van der Waals surface area contributed by atoms with Gasteiger partial charge in [0, 0.05) is 31.9 Å². The third-order valence-corrected chi connectivity index (χ3v) is 5.10. The molecule has 0 bridgehead atoms. The van der Waals surface area contributed by atoms with Crippen molar-refractivity contribution >= 4 is 34.5 Å². The lowest BCUT2D eigenvalue weighted by molar-refractivity contribution is -0.122. The van der Waals surface area contributed by atoms with E-state index in [1.165, 1.54) is 22.6 Å². The zero-order valence-corrected chi connectivity index (χ0v) is 15.8. The van der Waals surface area contributed by atoms with E-state index in [4.69, 9.17) is 9.90 Å². The first-order valence-corrected chi connectivity index (χ1v) is 9.32. The van der Waals surface area contributed by atoms with Crippen LogP contribution in [0.5, 0.6) is 0 Å². The number of rotatable bonds is 6. The third kappa shape index (κ3) is 4.95. The number of nitrogens with one attached hydrogen (secondary N) is 2. The van der Waals surface area contributed by atoms with Gasteiger partial charge in [-0.25, -0.2) is 4.98 Å². The highest BCUT2D eigenvalue weighted by molar-refractivity contribution is 7.17. The summed E-state index contributed by atoms with van der Waals surface area (Å²) in [6, 6.07) is 8.48. The fourth-order valence-corrected chi connectivity index (χ4v) is 3.81. The monoisotopic (exact) mass is 376 g/mol. The predicted octanol–water partition coefficient (Wildman–Crippen LogP) is 2.38. The van der Waals surface area contributed by atoms with Crippen LogP contribution in [-0.2, 0) is 11.2 Å². The summed E-state index contributed by atoms with van der Waals surface area (Å²) in [5.74, 6) is -0.0309. The molecule has 140 valence electrons. The number of hydrogen-bond donors (Lipinski definition) is 3. The van der Waals surface area contributed by atoms with Crippen LogP contribution in [-0.4, -0.2) is 48.6 Å². The van der Waals surface area contributed by atoms with E-state index in [1.807, 2.05) is 13.8 Å². The average Bonchev–Trinajstić information content (AvgIpc) is 3.20. The number of aromatic nitrogens is 1. The number of para-hydroxylation sites is 1. The minimum Gasteiger partial charge on any atom is -0.483 e. The minimum atomic E-state index is -0.250. The molecule has 1 aliphatic rings. The number of amides is 1.